The van der Waals surface area contributed by atoms with Crippen molar-refractivity contribution in [3.8, 4) is 0 Å². The predicted molar refractivity (Wildman–Crippen MR) is 101 cm³/mol. The molecule has 3 aromatic rings. The fourth-order valence-corrected chi connectivity index (χ4v) is 2.73. The van der Waals surface area contributed by atoms with Gasteiger partial charge in [-0.3, -0.25) is 9.78 Å². The van der Waals surface area contributed by atoms with E-state index in [0.717, 1.165) is 21.5 Å². The van der Waals surface area contributed by atoms with Gasteiger partial charge in [0.05, 0.1) is 11.9 Å². The van der Waals surface area contributed by atoms with Crippen molar-refractivity contribution in [2.75, 3.05) is 17.3 Å². The van der Waals surface area contributed by atoms with Crippen molar-refractivity contribution in [2.45, 2.75) is 0 Å². The Kier molecular flexibility index (Phi) is 4.91. The number of amides is 1. The van der Waals surface area contributed by atoms with E-state index in [4.69, 9.17) is 0 Å². The van der Waals surface area contributed by atoms with E-state index in [1.807, 2.05) is 60.5 Å². The highest BCUT2D eigenvalue weighted by molar-refractivity contribution is 9.10. The lowest BCUT2D eigenvalue weighted by Crippen LogP contribution is -2.13. The summed E-state index contributed by atoms with van der Waals surface area (Å²) in [6.45, 7) is 0. The monoisotopic (exact) mass is 381 g/mol. The number of hydrogen-bond donors (Lipinski definition) is 1. The number of halogens is 1. The number of pyridine rings is 1. The van der Waals surface area contributed by atoms with Crippen LogP contribution in [0.1, 0.15) is 10.4 Å². The summed E-state index contributed by atoms with van der Waals surface area (Å²) in [5.41, 5.74) is 3.30. The van der Waals surface area contributed by atoms with E-state index in [1.165, 1.54) is 0 Å². The van der Waals surface area contributed by atoms with Gasteiger partial charge in [-0.25, -0.2) is 0 Å². The molecule has 120 valence electrons. The molecule has 0 spiro atoms. The summed E-state index contributed by atoms with van der Waals surface area (Å²) in [6.07, 6.45) is 3.54. The van der Waals surface area contributed by atoms with E-state index >= 15 is 0 Å². The van der Waals surface area contributed by atoms with Crippen LogP contribution in [0, 0.1) is 0 Å². The van der Waals surface area contributed by atoms with Crippen LogP contribution in [-0.2, 0) is 0 Å². The molecule has 24 heavy (non-hydrogen) atoms. The molecular weight excluding hydrogens is 366 g/mol. The summed E-state index contributed by atoms with van der Waals surface area (Å²) in [7, 11) is 1.96. The third-order valence-corrected chi connectivity index (χ3v) is 4.10. The van der Waals surface area contributed by atoms with Gasteiger partial charge in [-0.05, 0) is 48.5 Å². The lowest BCUT2D eigenvalue weighted by Gasteiger charge is -2.19. The molecule has 1 heterocycles. The minimum atomic E-state index is -0.141. The van der Waals surface area contributed by atoms with Gasteiger partial charge in [0.1, 0.15) is 0 Å². The minimum Gasteiger partial charge on any atom is -0.343 e. The van der Waals surface area contributed by atoms with Crippen LogP contribution in [0.15, 0.2) is 77.5 Å². The maximum Gasteiger partial charge on any atom is 0.255 e. The molecule has 0 saturated carbocycles. The molecule has 4 nitrogen and oxygen atoms in total. The Hall–Kier alpha value is -2.66. The molecule has 0 aliphatic rings. The molecule has 0 aliphatic carbocycles. The SMILES string of the molecule is CN(c1cccnc1)c1cccc(NC(=O)c2cccc(Br)c2)c1. The maximum atomic E-state index is 12.4. The van der Waals surface area contributed by atoms with Crippen molar-refractivity contribution in [1.82, 2.24) is 4.98 Å². The summed E-state index contributed by atoms with van der Waals surface area (Å²) >= 11 is 3.38. The van der Waals surface area contributed by atoms with Crippen molar-refractivity contribution >= 4 is 38.9 Å². The summed E-state index contributed by atoms with van der Waals surface area (Å²) in [4.78, 5) is 18.5. The molecule has 0 atom stereocenters. The molecular formula is C19H16BrN3O. The Morgan fingerprint density at radius 3 is 2.58 bits per heavy atom. The summed E-state index contributed by atoms with van der Waals surface area (Å²) < 4.78 is 0.875. The Labute approximate surface area is 149 Å². The van der Waals surface area contributed by atoms with Gasteiger partial charge in [0.25, 0.3) is 5.91 Å². The van der Waals surface area contributed by atoms with Crippen molar-refractivity contribution in [3.63, 3.8) is 0 Å². The number of nitrogens with zero attached hydrogens (tertiary/aromatic N) is 2. The zero-order valence-electron chi connectivity index (χ0n) is 13.1. The Morgan fingerprint density at radius 1 is 1.04 bits per heavy atom. The van der Waals surface area contributed by atoms with Gasteiger partial charge < -0.3 is 10.2 Å². The van der Waals surface area contributed by atoms with Crippen molar-refractivity contribution in [1.29, 1.82) is 0 Å². The first kappa shape index (κ1) is 16.2. The summed E-state index contributed by atoms with van der Waals surface area (Å²) in [5.74, 6) is -0.141. The van der Waals surface area contributed by atoms with Gasteiger partial charge in [-0.1, -0.05) is 28.1 Å². The first-order valence-corrected chi connectivity index (χ1v) is 8.23. The standard InChI is InChI=1S/C19H16BrN3O/c1-23(18-9-4-10-21-13-18)17-8-3-7-16(12-17)22-19(24)14-5-2-6-15(20)11-14/h2-13H,1H3,(H,22,24). The van der Waals surface area contributed by atoms with Crippen LogP contribution < -0.4 is 10.2 Å². The van der Waals surface area contributed by atoms with E-state index in [1.54, 1.807) is 24.5 Å². The van der Waals surface area contributed by atoms with Crippen LogP contribution in [0.4, 0.5) is 17.1 Å². The van der Waals surface area contributed by atoms with Crippen molar-refractivity contribution < 1.29 is 4.79 Å². The van der Waals surface area contributed by atoms with Crippen molar-refractivity contribution in [3.05, 3.63) is 83.1 Å². The normalized spacial score (nSPS) is 10.2. The number of rotatable bonds is 4. The molecule has 0 aliphatic heterocycles. The second kappa shape index (κ2) is 7.27. The zero-order valence-corrected chi connectivity index (χ0v) is 14.7. The van der Waals surface area contributed by atoms with Crippen LogP contribution in [0.25, 0.3) is 0 Å². The zero-order chi connectivity index (χ0) is 16.9. The van der Waals surface area contributed by atoms with Gasteiger partial charge in [0.2, 0.25) is 0 Å². The molecule has 3 rings (SSSR count). The number of benzene rings is 2. The number of carbonyl (C=O) groups excluding carboxylic acids is 1. The molecule has 1 N–H and O–H groups in total. The lowest BCUT2D eigenvalue weighted by molar-refractivity contribution is 0.102. The molecule has 0 fully saturated rings. The number of aromatic nitrogens is 1. The quantitative estimate of drug-likeness (QED) is 0.701. The molecule has 5 heteroatoms. The van der Waals surface area contributed by atoms with Gasteiger partial charge in [-0.15, -0.1) is 0 Å². The van der Waals surface area contributed by atoms with E-state index in [2.05, 4.69) is 26.2 Å². The number of carbonyl (C=O) groups is 1. The van der Waals surface area contributed by atoms with Crippen LogP contribution >= 0.6 is 15.9 Å². The molecule has 0 radical (unpaired) electrons. The fourth-order valence-electron chi connectivity index (χ4n) is 2.33. The van der Waals surface area contributed by atoms with Crippen LogP contribution in [0.3, 0.4) is 0 Å². The van der Waals surface area contributed by atoms with Gasteiger partial charge >= 0.3 is 0 Å². The van der Waals surface area contributed by atoms with E-state index < -0.39 is 0 Å². The van der Waals surface area contributed by atoms with E-state index in [9.17, 15) is 4.79 Å². The number of hydrogen-bond acceptors (Lipinski definition) is 3. The third kappa shape index (κ3) is 3.81. The second-order valence-corrected chi connectivity index (χ2v) is 6.20. The average molecular weight is 382 g/mol. The van der Waals surface area contributed by atoms with Crippen LogP contribution in [-0.4, -0.2) is 17.9 Å². The third-order valence-electron chi connectivity index (χ3n) is 3.61. The first-order chi connectivity index (χ1) is 11.6. The minimum absolute atomic E-state index is 0.141. The van der Waals surface area contributed by atoms with Gasteiger partial charge in [0.15, 0.2) is 0 Å². The topological polar surface area (TPSA) is 45.2 Å². The van der Waals surface area contributed by atoms with E-state index in [0.29, 0.717) is 5.56 Å². The highest BCUT2D eigenvalue weighted by Gasteiger charge is 2.09. The maximum absolute atomic E-state index is 12.4. The smallest absolute Gasteiger partial charge is 0.255 e. The van der Waals surface area contributed by atoms with Gasteiger partial charge in [0, 0.05) is 34.7 Å². The lowest BCUT2D eigenvalue weighted by atomic mass is 10.2. The van der Waals surface area contributed by atoms with Gasteiger partial charge in [-0.2, -0.15) is 0 Å². The molecule has 0 bridgehead atoms. The number of anilines is 3. The highest BCUT2D eigenvalue weighted by Crippen LogP contribution is 2.25. The highest BCUT2D eigenvalue weighted by atomic mass is 79.9. The van der Waals surface area contributed by atoms with Crippen LogP contribution in [0.5, 0.6) is 0 Å². The summed E-state index contributed by atoms with van der Waals surface area (Å²) in [6, 6.07) is 18.9. The molecule has 2 aromatic carbocycles. The number of nitrogens with one attached hydrogen (secondary N) is 1. The Balaban J connectivity index is 1.79. The molecule has 0 unspecified atom stereocenters. The average Bonchev–Trinajstić information content (AvgIpc) is 2.62. The van der Waals surface area contributed by atoms with E-state index in [-0.39, 0.29) is 5.91 Å². The molecule has 1 amide bonds. The molecule has 1 aromatic heterocycles. The first-order valence-electron chi connectivity index (χ1n) is 7.44. The Morgan fingerprint density at radius 2 is 1.83 bits per heavy atom. The largest absolute Gasteiger partial charge is 0.343 e. The predicted octanol–water partition coefficient (Wildman–Crippen LogP) is 4.86. The fraction of sp³-hybridized carbons (Fsp3) is 0.0526. The molecule has 0 saturated heterocycles. The van der Waals surface area contributed by atoms with Crippen LogP contribution in [0.2, 0.25) is 0 Å². The Bertz CT molecular complexity index is 852. The summed E-state index contributed by atoms with van der Waals surface area (Å²) in [5, 5.41) is 2.93. The van der Waals surface area contributed by atoms with Crippen molar-refractivity contribution in [2.24, 2.45) is 0 Å². The second-order valence-electron chi connectivity index (χ2n) is 5.29.